The van der Waals surface area contributed by atoms with Gasteiger partial charge in [-0.25, -0.2) is 0 Å². The summed E-state index contributed by atoms with van der Waals surface area (Å²) in [6.07, 6.45) is 1.77. The highest BCUT2D eigenvalue weighted by Gasteiger charge is 2.35. The van der Waals surface area contributed by atoms with Gasteiger partial charge >= 0.3 is 0 Å². The zero-order chi connectivity index (χ0) is 17.1. The minimum atomic E-state index is -0.0702. The van der Waals surface area contributed by atoms with Gasteiger partial charge < -0.3 is 15.1 Å². The number of piperazine rings is 1. The van der Waals surface area contributed by atoms with Crippen LogP contribution in [0, 0.1) is 5.92 Å². The van der Waals surface area contributed by atoms with Gasteiger partial charge in [0.25, 0.3) is 5.91 Å². The summed E-state index contributed by atoms with van der Waals surface area (Å²) >= 11 is 0. The van der Waals surface area contributed by atoms with Gasteiger partial charge in [0.15, 0.2) is 0 Å². The van der Waals surface area contributed by atoms with E-state index in [2.05, 4.69) is 19.2 Å². The number of likely N-dealkylation sites (tertiary alicyclic amines) is 1. The summed E-state index contributed by atoms with van der Waals surface area (Å²) < 4.78 is 0. The number of hydrogen-bond donors (Lipinski definition) is 1. The van der Waals surface area contributed by atoms with Crippen molar-refractivity contribution in [2.75, 3.05) is 26.2 Å². The van der Waals surface area contributed by atoms with Crippen LogP contribution in [0.4, 0.5) is 0 Å². The Morgan fingerprint density at radius 3 is 2.62 bits per heavy atom. The van der Waals surface area contributed by atoms with Crippen LogP contribution in [0.1, 0.15) is 37.0 Å². The van der Waals surface area contributed by atoms with Crippen LogP contribution in [-0.4, -0.2) is 59.9 Å². The first kappa shape index (κ1) is 17.0. The predicted molar refractivity (Wildman–Crippen MR) is 93.7 cm³/mol. The lowest BCUT2D eigenvalue weighted by Gasteiger charge is -2.42. The molecular weight excluding hydrogens is 302 g/mol. The molecular formula is C19H27N3O2. The van der Waals surface area contributed by atoms with Gasteiger partial charge in [0.05, 0.1) is 5.92 Å². The maximum atomic E-state index is 13.0. The summed E-state index contributed by atoms with van der Waals surface area (Å²) in [5.74, 6) is 0.176. The summed E-state index contributed by atoms with van der Waals surface area (Å²) in [6.45, 7) is 7.10. The van der Waals surface area contributed by atoms with E-state index in [1.807, 2.05) is 40.1 Å². The van der Waals surface area contributed by atoms with E-state index in [1.54, 1.807) is 0 Å². The van der Waals surface area contributed by atoms with E-state index in [0.717, 1.165) is 32.5 Å². The highest BCUT2D eigenvalue weighted by atomic mass is 16.2. The molecule has 0 aromatic heterocycles. The van der Waals surface area contributed by atoms with Gasteiger partial charge in [0.1, 0.15) is 0 Å². The van der Waals surface area contributed by atoms with Crippen LogP contribution in [0.5, 0.6) is 0 Å². The molecule has 1 aromatic carbocycles. The van der Waals surface area contributed by atoms with Gasteiger partial charge in [-0.15, -0.1) is 0 Å². The lowest BCUT2D eigenvalue weighted by Crippen LogP contribution is -2.59. The maximum absolute atomic E-state index is 13.0. The Morgan fingerprint density at radius 1 is 1.12 bits per heavy atom. The van der Waals surface area contributed by atoms with E-state index in [9.17, 15) is 9.59 Å². The molecule has 5 nitrogen and oxygen atoms in total. The Morgan fingerprint density at radius 2 is 1.88 bits per heavy atom. The second-order valence-corrected chi connectivity index (χ2v) is 6.97. The molecule has 3 unspecified atom stereocenters. The van der Waals surface area contributed by atoms with Crippen molar-refractivity contribution in [1.29, 1.82) is 0 Å². The topological polar surface area (TPSA) is 52.7 Å². The third-order valence-electron chi connectivity index (χ3n) is 5.40. The van der Waals surface area contributed by atoms with E-state index in [1.165, 1.54) is 0 Å². The first-order chi connectivity index (χ1) is 11.6. The molecule has 1 N–H and O–H groups in total. The molecule has 0 radical (unpaired) electrons. The molecule has 0 spiro atoms. The largest absolute Gasteiger partial charge is 0.338 e. The molecule has 0 bridgehead atoms. The minimum Gasteiger partial charge on any atom is -0.338 e. The number of rotatable bonds is 2. The van der Waals surface area contributed by atoms with Crippen molar-refractivity contribution in [2.24, 2.45) is 5.92 Å². The van der Waals surface area contributed by atoms with E-state index in [-0.39, 0.29) is 23.8 Å². The molecule has 3 rings (SSSR count). The summed E-state index contributed by atoms with van der Waals surface area (Å²) in [6, 6.07) is 9.86. The molecule has 2 fully saturated rings. The average molecular weight is 329 g/mol. The van der Waals surface area contributed by atoms with Crippen molar-refractivity contribution in [1.82, 2.24) is 15.1 Å². The fourth-order valence-corrected chi connectivity index (χ4v) is 3.73. The molecule has 1 aromatic rings. The van der Waals surface area contributed by atoms with Crippen LogP contribution in [0.2, 0.25) is 0 Å². The Labute approximate surface area is 144 Å². The highest BCUT2D eigenvalue weighted by Crippen LogP contribution is 2.23. The molecule has 130 valence electrons. The summed E-state index contributed by atoms with van der Waals surface area (Å²) in [7, 11) is 0. The molecule has 2 saturated heterocycles. The highest BCUT2D eigenvalue weighted by molar-refractivity contribution is 5.94. The SMILES string of the molecule is CC1NCCN(C(=O)C2CCCN(C(=O)c3ccccc3)C2)C1C. The van der Waals surface area contributed by atoms with E-state index < -0.39 is 0 Å². The fourth-order valence-electron chi connectivity index (χ4n) is 3.73. The molecule has 0 saturated carbocycles. The first-order valence-corrected chi connectivity index (χ1v) is 8.96. The number of hydrogen-bond acceptors (Lipinski definition) is 3. The lowest BCUT2D eigenvalue weighted by atomic mass is 9.94. The summed E-state index contributed by atoms with van der Waals surface area (Å²) in [5.41, 5.74) is 0.703. The molecule has 3 atom stereocenters. The number of amides is 2. The fraction of sp³-hybridized carbons (Fsp3) is 0.579. The Bertz CT molecular complexity index is 590. The maximum Gasteiger partial charge on any atom is 0.253 e. The van der Waals surface area contributed by atoms with Crippen molar-refractivity contribution in [3.63, 3.8) is 0 Å². The first-order valence-electron chi connectivity index (χ1n) is 8.96. The monoisotopic (exact) mass is 329 g/mol. The minimum absolute atomic E-state index is 0.0369. The third kappa shape index (κ3) is 3.46. The van der Waals surface area contributed by atoms with Gasteiger partial charge in [-0.3, -0.25) is 9.59 Å². The van der Waals surface area contributed by atoms with Crippen molar-refractivity contribution in [3.8, 4) is 0 Å². The predicted octanol–water partition coefficient (Wildman–Crippen LogP) is 1.75. The van der Waals surface area contributed by atoms with Crippen LogP contribution in [-0.2, 0) is 4.79 Å². The Balaban J connectivity index is 1.67. The number of piperidine rings is 1. The van der Waals surface area contributed by atoms with Crippen LogP contribution < -0.4 is 5.32 Å². The van der Waals surface area contributed by atoms with Crippen LogP contribution in [0.3, 0.4) is 0 Å². The molecule has 2 heterocycles. The normalized spacial score (nSPS) is 27.8. The zero-order valence-electron chi connectivity index (χ0n) is 14.6. The van der Waals surface area contributed by atoms with Gasteiger partial charge in [0, 0.05) is 43.8 Å². The second-order valence-electron chi connectivity index (χ2n) is 6.97. The Kier molecular flexibility index (Phi) is 5.19. The molecule has 2 aliphatic heterocycles. The van der Waals surface area contributed by atoms with Crippen LogP contribution in [0.25, 0.3) is 0 Å². The lowest BCUT2D eigenvalue weighted by molar-refractivity contribution is -0.140. The standard InChI is InChI=1S/C19H27N3O2/c1-14-15(2)22(12-10-20-14)19(24)17-9-6-11-21(13-17)18(23)16-7-4-3-5-8-16/h3-5,7-8,14-15,17,20H,6,9-13H2,1-2H3. The van der Waals surface area contributed by atoms with E-state index in [4.69, 9.17) is 0 Å². The van der Waals surface area contributed by atoms with E-state index >= 15 is 0 Å². The molecule has 5 heteroatoms. The number of carbonyl (C=O) groups excluding carboxylic acids is 2. The molecule has 2 amide bonds. The molecule has 2 aliphatic rings. The van der Waals surface area contributed by atoms with Gasteiger partial charge in [-0.2, -0.15) is 0 Å². The third-order valence-corrected chi connectivity index (χ3v) is 5.40. The van der Waals surface area contributed by atoms with Gasteiger partial charge in [-0.1, -0.05) is 18.2 Å². The van der Waals surface area contributed by atoms with Crippen molar-refractivity contribution < 1.29 is 9.59 Å². The summed E-state index contributed by atoms with van der Waals surface area (Å²) in [5, 5.41) is 3.41. The average Bonchev–Trinajstić information content (AvgIpc) is 2.63. The quantitative estimate of drug-likeness (QED) is 0.899. The van der Waals surface area contributed by atoms with Crippen LogP contribution >= 0.6 is 0 Å². The molecule has 0 aliphatic carbocycles. The smallest absolute Gasteiger partial charge is 0.253 e. The zero-order valence-corrected chi connectivity index (χ0v) is 14.6. The summed E-state index contributed by atoms with van der Waals surface area (Å²) in [4.78, 5) is 29.5. The number of nitrogens with zero attached hydrogens (tertiary/aromatic N) is 2. The van der Waals surface area contributed by atoms with Crippen molar-refractivity contribution >= 4 is 11.8 Å². The van der Waals surface area contributed by atoms with Gasteiger partial charge in [-0.05, 0) is 38.8 Å². The van der Waals surface area contributed by atoms with Crippen molar-refractivity contribution in [3.05, 3.63) is 35.9 Å². The second kappa shape index (κ2) is 7.34. The number of carbonyl (C=O) groups is 2. The van der Waals surface area contributed by atoms with Crippen molar-refractivity contribution in [2.45, 2.75) is 38.8 Å². The number of nitrogens with one attached hydrogen (secondary N) is 1. The van der Waals surface area contributed by atoms with E-state index in [0.29, 0.717) is 18.2 Å². The van der Waals surface area contributed by atoms with Crippen LogP contribution in [0.15, 0.2) is 30.3 Å². The van der Waals surface area contributed by atoms with Gasteiger partial charge in [0.2, 0.25) is 5.91 Å². The molecule has 24 heavy (non-hydrogen) atoms. The number of benzene rings is 1. The Hall–Kier alpha value is -1.88.